The second-order valence-electron chi connectivity index (χ2n) is 7.10. The summed E-state index contributed by atoms with van der Waals surface area (Å²) in [5.41, 5.74) is -0.787. The fraction of sp³-hybridized carbons (Fsp3) is 0.409. The first-order chi connectivity index (χ1) is 12.5. The van der Waals surface area contributed by atoms with Crippen LogP contribution in [-0.2, 0) is 15.1 Å². The maximum Gasteiger partial charge on any atom is 0.348 e. The minimum absolute atomic E-state index is 0.184. The first-order valence-corrected chi connectivity index (χ1v) is 9.28. The molecule has 0 saturated carbocycles. The summed E-state index contributed by atoms with van der Waals surface area (Å²) in [5, 5.41) is 11.4. The summed E-state index contributed by atoms with van der Waals surface area (Å²) >= 11 is 0. The second-order valence-corrected chi connectivity index (χ2v) is 7.10. The highest BCUT2D eigenvalue weighted by atomic mass is 16.6. The van der Waals surface area contributed by atoms with Crippen LogP contribution in [0, 0.1) is 0 Å². The largest absolute Gasteiger partial charge is 0.458 e. The van der Waals surface area contributed by atoms with Crippen LogP contribution in [0.3, 0.4) is 0 Å². The molecule has 2 atom stereocenters. The lowest BCUT2D eigenvalue weighted by Crippen LogP contribution is -2.48. The topological polar surface area (TPSA) is 49.8 Å². The highest BCUT2D eigenvalue weighted by Crippen LogP contribution is 2.32. The number of carbonyl (C=O) groups is 1. The molecule has 1 aliphatic rings. The molecule has 0 aromatic heterocycles. The summed E-state index contributed by atoms with van der Waals surface area (Å²) in [6.45, 7) is 2.93. The third-order valence-electron chi connectivity index (χ3n) is 5.34. The van der Waals surface area contributed by atoms with E-state index < -0.39 is 11.6 Å². The summed E-state index contributed by atoms with van der Waals surface area (Å²) in [6.07, 6.45) is 3.02. The van der Waals surface area contributed by atoms with Crippen molar-refractivity contribution >= 4 is 5.97 Å². The molecule has 0 spiro atoms. The Hall–Kier alpha value is -2.17. The molecule has 1 fully saturated rings. The predicted molar refractivity (Wildman–Crippen MR) is 102 cm³/mol. The summed E-state index contributed by atoms with van der Waals surface area (Å²) in [7, 11) is 2.06. The quantitative estimate of drug-likeness (QED) is 0.838. The van der Waals surface area contributed by atoms with Gasteiger partial charge in [0.15, 0.2) is 0 Å². The van der Waals surface area contributed by atoms with E-state index in [0.29, 0.717) is 11.1 Å². The van der Waals surface area contributed by atoms with Crippen LogP contribution >= 0.6 is 0 Å². The molecule has 2 aromatic rings. The third kappa shape index (κ3) is 3.67. The number of likely N-dealkylation sites (N-methyl/N-ethyl adjacent to an activating group) is 1. The monoisotopic (exact) mass is 353 g/mol. The number of hydrogen-bond acceptors (Lipinski definition) is 4. The number of benzene rings is 2. The van der Waals surface area contributed by atoms with Crippen LogP contribution in [0.15, 0.2) is 60.7 Å². The molecule has 1 N–H and O–H groups in total. The van der Waals surface area contributed by atoms with Crippen molar-refractivity contribution in [2.24, 2.45) is 0 Å². The molecule has 1 saturated heterocycles. The molecule has 4 heteroatoms. The van der Waals surface area contributed by atoms with Gasteiger partial charge < -0.3 is 9.84 Å². The molecule has 0 aliphatic carbocycles. The van der Waals surface area contributed by atoms with Gasteiger partial charge in [0.05, 0.1) is 0 Å². The van der Waals surface area contributed by atoms with Crippen LogP contribution in [-0.4, -0.2) is 41.7 Å². The van der Waals surface area contributed by atoms with Crippen LogP contribution in [0.2, 0.25) is 0 Å². The lowest BCUT2D eigenvalue weighted by Gasteiger charge is -2.37. The maximum atomic E-state index is 13.1. The van der Waals surface area contributed by atoms with Crippen LogP contribution in [0.4, 0.5) is 0 Å². The van der Waals surface area contributed by atoms with E-state index in [1.165, 1.54) is 6.42 Å². The van der Waals surface area contributed by atoms with Crippen molar-refractivity contribution in [3.8, 4) is 0 Å². The number of likely N-dealkylation sites (tertiary alicyclic amines) is 1. The van der Waals surface area contributed by atoms with Crippen molar-refractivity contribution in [3.05, 3.63) is 71.8 Å². The van der Waals surface area contributed by atoms with Gasteiger partial charge in [-0.3, -0.25) is 4.90 Å². The number of ether oxygens (including phenoxy) is 1. The Morgan fingerprint density at radius 3 is 2.12 bits per heavy atom. The van der Waals surface area contributed by atoms with Gasteiger partial charge in [0, 0.05) is 6.04 Å². The van der Waals surface area contributed by atoms with Crippen molar-refractivity contribution in [1.29, 1.82) is 0 Å². The minimum atomic E-state index is -1.82. The third-order valence-corrected chi connectivity index (χ3v) is 5.34. The average molecular weight is 353 g/mol. The molecule has 26 heavy (non-hydrogen) atoms. The van der Waals surface area contributed by atoms with Gasteiger partial charge in [-0.15, -0.1) is 0 Å². The van der Waals surface area contributed by atoms with Crippen LogP contribution in [0.1, 0.15) is 37.3 Å². The fourth-order valence-corrected chi connectivity index (χ4v) is 3.79. The van der Waals surface area contributed by atoms with Gasteiger partial charge >= 0.3 is 5.97 Å². The van der Waals surface area contributed by atoms with E-state index >= 15 is 0 Å². The van der Waals surface area contributed by atoms with E-state index in [1.54, 1.807) is 24.3 Å². The molecule has 1 aliphatic heterocycles. The second kappa shape index (κ2) is 8.02. The van der Waals surface area contributed by atoms with E-state index in [2.05, 4.69) is 11.9 Å². The Kier molecular flexibility index (Phi) is 5.74. The van der Waals surface area contributed by atoms with Crippen molar-refractivity contribution < 1.29 is 14.6 Å². The zero-order valence-corrected chi connectivity index (χ0v) is 15.5. The van der Waals surface area contributed by atoms with E-state index in [0.717, 1.165) is 19.4 Å². The van der Waals surface area contributed by atoms with Gasteiger partial charge in [0.25, 0.3) is 0 Å². The van der Waals surface area contributed by atoms with Crippen molar-refractivity contribution in [2.45, 2.75) is 43.9 Å². The first kappa shape index (κ1) is 18.6. The van der Waals surface area contributed by atoms with Gasteiger partial charge in [-0.05, 0) is 44.5 Å². The summed E-state index contributed by atoms with van der Waals surface area (Å²) < 4.78 is 5.80. The molecule has 3 rings (SSSR count). The maximum absolute atomic E-state index is 13.1. The number of piperidine rings is 1. The Labute approximate surface area is 155 Å². The number of aliphatic hydroxyl groups is 1. The number of nitrogens with zero attached hydrogens (tertiary/aromatic N) is 1. The van der Waals surface area contributed by atoms with Crippen LogP contribution in [0.25, 0.3) is 0 Å². The number of rotatable bonds is 5. The number of hydrogen-bond donors (Lipinski definition) is 1. The van der Waals surface area contributed by atoms with E-state index in [9.17, 15) is 9.90 Å². The van der Waals surface area contributed by atoms with Gasteiger partial charge in [-0.1, -0.05) is 67.1 Å². The zero-order valence-electron chi connectivity index (χ0n) is 15.5. The molecular weight excluding hydrogens is 326 g/mol. The number of esters is 1. The van der Waals surface area contributed by atoms with Crippen LogP contribution in [0.5, 0.6) is 0 Å². The normalized spacial score (nSPS) is 19.7. The highest BCUT2D eigenvalue weighted by Gasteiger charge is 2.43. The summed E-state index contributed by atoms with van der Waals surface area (Å²) in [5.74, 6) is -0.624. The molecule has 2 aromatic carbocycles. The van der Waals surface area contributed by atoms with Crippen molar-refractivity contribution in [1.82, 2.24) is 4.90 Å². The molecule has 1 heterocycles. The van der Waals surface area contributed by atoms with Gasteiger partial charge in [-0.25, -0.2) is 4.79 Å². The molecule has 0 amide bonds. The van der Waals surface area contributed by atoms with Crippen LogP contribution < -0.4 is 0 Å². The van der Waals surface area contributed by atoms with Gasteiger partial charge in [-0.2, -0.15) is 0 Å². The molecule has 4 nitrogen and oxygen atoms in total. The lowest BCUT2D eigenvalue weighted by atomic mass is 9.86. The zero-order chi connectivity index (χ0) is 18.6. The smallest absolute Gasteiger partial charge is 0.348 e. The molecular formula is C22H27NO3. The highest BCUT2D eigenvalue weighted by molar-refractivity contribution is 5.85. The van der Waals surface area contributed by atoms with E-state index in [-0.39, 0.29) is 12.1 Å². The lowest BCUT2D eigenvalue weighted by molar-refractivity contribution is -0.170. The Morgan fingerprint density at radius 1 is 1.08 bits per heavy atom. The van der Waals surface area contributed by atoms with Gasteiger partial charge in [0.2, 0.25) is 5.60 Å². The van der Waals surface area contributed by atoms with Crippen molar-refractivity contribution in [3.63, 3.8) is 0 Å². The van der Waals surface area contributed by atoms with Crippen molar-refractivity contribution in [2.75, 3.05) is 13.6 Å². The first-order valence-electron chi connectivity index (χ1n) is 9.28. The molecule has 138 valence electrons. The van der Waals surface area contributed by atoms with E-state index in [4.69, 9.17) is 4.74 Å². The minimum Gasteiger partial charge on any atom is -0.458 e. The summed E-state index contributed by atoms with van der Waals surface area (Å²) in [4.78, 5) is 15.4. The SMILES string of the molecule is C[C@@H](OC(=O)C(O)(c1ccccc1)c1ccccc1)[C@@H]1CCCCN1C. The summed E-state index contributed by atoms with van der Waals surface area (Å²) in [6, 6.07) is 18.2. The molecule has 0 unspecified atom stereocenters. The fourth-order valence-electron chi connectivity index (χ4n) is 3.79. The predicted octanol–water partition coefficient (Wildman–Crippen LogP) is 3.34. The average Bonchev–Trinajstić information content (AvgIpc) is 2.69. The Morgan fingerprint density at radius 2 is 1.62 bits per heavy atom. The van der Waals surface area contributed by atoms with E-state index in [1.807, 2.05) is 43.3 Å². The molecule has 0 radical (unpaired) electrons. The standard InChI is InChI=1S/C22H27NO3/c1-17(20-15-9-10-16-23(20)2)26-21(24)22(25,18-11-5-3-6-12-18)19-13-7-4-8-14-19/h3-8,11-14,17,20,25H,9-10,15-16H2,1-2H3/t17-,20+/m1/s1. The molecule has 0 bridgehead atoms. The Balaban J connectivity index is 1.89. The number of carbonyl (C=O) groups excluding carboxylic acids is 1. The Bertz CT molecular complexity index is 677. The van der Waals surface area contributed by atoms with Gasteiger partial charge in [0.1, 0.15) is 6.10 Å².